The van der Waals surface area contributed by atoms with Gasteiger partial charge in [0, 0.05) is 19.5 Å². The van der Waals surface area contributed by atoms with E-state index in [4.69, 9.17) is 9.47 Å². The number of ether oxygens (including phenoxy) is 2. The fraction of sp³-hybridized carbons (Fsp3) is 1.00. The van der Waals surface area contributed by atoms with Crippen LogP contribution in [0.1, 0.15) is 6.92 Å². The maximum atomic E-state index is 13.4. The van der Waals surface area contributed by atoms with Crippen molar-refractivity contribution in [2.45, 2.75) is 29.7 Å². The fourth-order valence-electron chi connectivity index (χ4n) is 1.48. The van der Waals surface area contributed by atoms with E-state index in [0.29, 0.717) is 6.61 Å². The van der Waals surface area contributed by atoms with Crippen molar-refractivity contribution in [1.82, 2.24) is 0 Å². The summed E-state index contributed by atoms with van der Waals surface area (Å²) in [5, 5.41) is 0.167. The van der Waals surface area contributed by atoms with Gasteiger partial charge in [-0.25, -0.2) is 4.39 Å². The molecule has 1 saturated heterocycles. The van der Waals surface area contributed by atoms with E-state index in [1.807, 2.05) is 6.92 Å². The molecule has 2 nitrogen and oxygen atoms in total. The smallest absolute Gasteiger partial charge is 0.139 e. The van der Waals surface area contributed by atoms with E-state index < -0.39 is 6.17 Å². The van der Waals surface area contributed by atoms with Crippen molar-refractivity contribution in [2.75, 3.05) is 20.8 Å². The minimum atomic E-state index is -0.861. The summed E-state index contributed by atoms with van der Waals surface area (Å²) in [4.78, 5) is 0. The Bertz CT molecular complexity index is 145. The van der Waals surface area contributed by atoms with Crippen molar-refractivity contribution in [2.24, 2.45) is 0 Å². The molecular weight excluding hydrogens is 179 g/mol. The molecule has 0 aromatic heterocycles. The van der Waals surface area contributed by atoms with Crippen LogP contribution >= 0.6 is 11.8 Å². The van der Waals surface area contributed by atoms with Crippen molar-refractivity contribution >= 4 is 11.8 Å². The van der Waals surface area contributed by atoms with Gasteiger partial charge < -0.3 is 9.47 Å². The number of thioether (sulfide) groups is 1. The van der Waals surface area contributed by atoms with Crippen LogP contribution in [0.5, 0.6) is 0 Å². The van der Waals surface area contributed by atoms with E-state index >= 15 is 0 Å². The van der Waals surface area contributed by atoms with Crippen molar-refractivity contribution in [3.63, 3.8) is 0 Å². The van der Waals surface area contributed by atoms with Crippen LogP contribution in [0.3, 0.4) is 0 Å². The Labute approximate surface area is 76.8 Å². The molecule has 1 heterocycles. The maximum absolute atomic E-state index is 13.4. The van der Waals surface area contributed by atoms with Gasteiger partial charge in [-0.2, -0.15) is 0 Å². The number of hydrogen-bond acceptors (Lipinski definition) is 3. The molecule has 0 saturated carbocycles. The topological polar surface area (TPSA) is 18.5 Å². The van der Waals surface area contributed by atoms with Gasteiger partial charge in [0.1, 0.15) is 12.3 Å². The van der Waals surface area contributed by atoms with Crippen LogP contribution < -0.4 is 0 Å². The maximum Gasteiger partial charge on any atom is 0.139 e. The lowest BCUT2D eigenvalue weighted by molar-refractivity contribution is 0.0254. The van der Waals surface area contributed by atoms with Gasteiger partial charge in [0.15, 0.2) is 0 Å². The van der Waals surface area contributed by atoms with E-state index in [9.17, 15) is 4.39 Å². The summed E-state index contributed by atoms with van der Waals surface area (Å²) in [6, 6.07) is 0. The first-order valence-corrected chi connectivity index (χ1v) is 4.96. The van der Waals surface area contributed by atoms with Crippen LogP contribution in [0.2, 0.25) is 0 Å². The quantitative estimate of drug-likeness (QED) is 0.678. The lowest BCUT2D eigenvalue weighted by Gasteiger charge is -2.17. The molecule has 1 unspecified atom stereocenters. The van der Waals surface area contributed by atoms with E-state index in [1.54, 1.807) is 26.0 Å². The standard InChI is InChI=1S/C8H15FO2S/c1-5-7(9)8(11-3)6(12-5)4-10-2/h5-8H,4H2,1-3H3/t5-,6+,7-,8?/m0/s1. The van der Waals surface area contributed by atoms with Crippen molar-refractivity contribution in [3.8, 4) is 0 Å². The second kappa shape index (κ2) is 4.44. The Kier molecular flexibility index (Phi) is 3.80. The summed E-state index contributed by atoms with van der Waals surface area (Å²) in [5.41, 5.74) is 0. The molecular formula is C8H15FO2S. The molecule has 0 radical (unpaired) electrons. The molecule has 0 spiro atoms. The number of rotatable bonds is 3. The second-order valence-electron chi connectivity index (χ2n) is 2.98. The highest BCUT2D eigenvalue weighted by Gasteiger charge is 2.42. The predicted molar refractivity (Wildman–Crippen MR) is 48.4 cm³/mol. The molecule has 0 bridgehead atoms. The Morgan fingerprint density at radius 3 is 2.58 bits per heavy atom. The highest BCUT2D eigenvalue weighted by molar-refractivity contribution is 8.00. The summed E-state index contributed by atoms with van der Waals surface area (Å²) in [6.45, 7) is 2.45. The Hall–Kier alpha value is 0.200. The molecule has 0 aliphatic carbocycles. The first-order chi connectivity index (χ1) is 5.70. The molecule has 0 aromatic carbocycles. The predicted octanol–water partition coefficient (Wildman–Crippen LogP) is 1.49. The molecule has 1 aliphatic heterocycles. The molecule has 1 fully saturated rings. The zero-order valence-electron chi connectivity index (χ0n) is 7.62. The zero-order chi connectivity index (χ0) is 9.14. The molecule has 0 aromatic rings. The molecule has 72 valence electrons. The molecule has 0 amide bonds. The Morgan fingerprint density at radius 1 is 1.42 bits per heavy atom. The van der Waals surface area contributed by atoms with Crippen LogP contribution in [-0.4, -0.2) is 43.6 Å². The molecule has 1 aliphatic rings. The van der Waals surface area contributed by atoms with E-state index in [0.717, 1.165) is 0 Å². The summed E-state index contributed by atoms with van der Waals surface area (Å²) >= 11 is 1.61. The van der Waals surface area contributed by atoms with Crippen molar-refractivity contribution in [1.29, 1.82) is 0 Å². The van der Waals surface area contributed by atoms with Gasteiger partial charge in [-0.05, 0) is 0 Å². The zero-order valence-corrected chi connectivity index (χ0v) is 8.44. The van der Waals surface area contributed by atoms with Crippen LogP contribution in [0, 0.1) is 0 Å². The number of hydrogen-bond donors (Lipinski definition) is 0. The number of methoxy groups -OCH3 is 2. The Morgan fingerprint density at radius 2 is 2.08 bits per heavy atom. The minimum absolute atomic E-state index is 0.0232. The summed E-state index contributed by atoms with van der Waals surface area (Å²) in [5.74, 6) is 0. The summed E-state index contributed by atoms with van der Waals surface area (Å²) < 4.78 is 23.4. The van der Waals surface area contributed by atoms with Crippen LogP contribution in [-0.2, 0) is 9.47 Å². The van der Waals surface area contributed by atoms with Crippen LogP contribution in [0.15, 0.2) is 0 Å². The van der Waals surface area contributed by atoms with Gasteiger partial charge in [-0.3, -0.25) is 0 Å². The van der Waals surface area contributed by atoms with Gasteiger partial charge in [-0.15, -0.1) is 11.8 Å². The first-order valence-electron chi connectivity index (χ1n) is 4.02. The highest BCUT2D eigenvalue weighted by atomic mass is 32.2. The average Bonchev–Trinajstić information content (AvgIpc) is 2.29. The normalized spacial score (nSPS) is 42.0. The first kappa shape index (κ1) is 10.3. The van der Waals surface area contributed by atoms with Crippen LogP contribution in [0.25, 0.3) is 0 Å². The van der Waals surface area contributed by atoms with Crippen molar-refractivity contribution < 1.29 is 13.9 Å². The lowest BCUT2D eigenvalue weighted by atomic mass is 10.1. The third-order valence-corrected chi connectivity index (χ3v) is 3.56. The number of halogens is 1. The third-order valence-electron chi connectivity index (χ3n) is 2.12. The molecule has 4 heteroatoms. The van der Waals surface area contributed by atoms with E-state index in [2.05, 4.69) is 0 Å². The van der Waals surface area contributed by atoms with Crippen molar-refractivity contribution in [3.05, 3.63) is 0 Å². The van der Waals surface area contributed by atoms with E-state index in [-0.39, 0.29) is 16.6 Å². The molecule has 0 N–H and O–H groups in total. The number of alkyl halides is 1. The SMILES string of the molecule is COC[C@H]1S[C@@H](C)[C@H](F)C1OC. The van der Waals surface area contributed by atoms with Gasteiger partial charge in [0.05, 0.1) is 11.9 Å². The lowest BCUT2D eigenvalue weighted by Crippen LogP contribution is -2.32. The third kappa shape index (κ3) is 1.92. The van der Waals surface area contributed by atoms with E-state index in [1.165, 1.54) is 0 Å². The average molecular weight is 194 g/mol. The summed E-state index contributed by atoms with van der Waals surface area (Å²) in [6.07, 6.45) is -1.16. The second-order valence-corrected chi connectivity index (χ2v) is 4.60. The fourth-order valence-corrected chi connectivity index (χ4v) is 2.97. The van der Waals surface area contributed by atoms with Gasteiger partial charge >= 0.3 is 0 Å². The monoisotopic (exact) mass is 194 g/mol. The minimum Gasteiger partial charge on any atom is -0.383 e. The van der Waals surface area contributed by atoms with Gasteiger partial charge in [0.25, 0.3) is 0 Å². The summed E-state index contributed by atoms with van der Waals surface area (Å²) in [7, 11) is 3.18. The van der Waals surface area contributed by atoms with Crippen LogP contribution in [0.4, 0.5) is 4.39 Å². The largest absolute Gasteiger partial charge is 0.383 e. The Balaban J connectivity index is 2.52. The molecule has 4 atom stereocenters. The molecule has 12 heavy (non-hydrogen) atoms. The van der Waals surface area contributed by atoms with Gasteiger partial charge in [-0.1, -0.05) is 6.92 Å². The van der Waals surface area contributed by atoms with Gasteiger partial charge in [0.2, 0.25) is 0 Å². The highest BCUT2D eigenvalue weighted by Crippen LogP contribution is 2.37. The molecule has 1 rings (SSSR count).